The van der Waals surface area contributed by atoms with Gasteiger partial charge in [-0.1, -0.05) is 12.2 Å². The summed E-state index contributed by atoms with van der Waals surface area (Å²) in [5, 5.41) is 7.42. The molecule has 3 heteroatoms. The van der Waals surface area contributed by atoms with Crippen LogP contribution in [-0.4, -0.2) is 17.1 Å². The number of carboxylic acids is 1. The molecule has 0 radical (unpaired) electrons. The average Bonchev–Trinajstić information content (AvgIpc) is 2.15. The van der Waals surface area contributed by atoms with Gasteiger partial charge in [0.1, 0.15) is 0 Å². The molecule has 0 heterocycles. The van der Waals surface area contributed by atoms with Gasteiger partial charge in [-0.3, -0.25) is 4.79 Å². The predicted molar refractivity (Wildman–Crippen MR) is 39.7 cm³/mol. The van der Waals surface area contributed by atoms with E-state index in [9.17, 15) is 0 Å². The zero-order chi connectivity index (χ0) is 7.98. The molecule has 58 valence electrons. The van der Waals surface area contributed by atoms with Gasteiger partial charge in [0.15, 0.2) is 0 Å². The molecule has 1 atom stereocenters. The van der Waals surface area contributed by atoms with Crippen molar-refractivity contribution in [3.8, 4) is 0 Å². The molecular formula is C7H13NO2. The van der Waals surface area contributed by atoms with E-state index in [1.54, 1.807) is 0 Å². The van der Waals surface area contributed by atoms with E-state index in [1.165, 1.54) is 6.42 Å². The minimum atomic E-state index is -0.833. The molecule has 3 N–H and O–H groups in total. The Hall–Kier alpha value is -0.830. The first-order valence-electron chi connectivity index (χ1n) is 3.24. The van der Waals surface area contributed by atoms with Crippen molar-refractivity contribution in [1.29, 1.82) is 0 Å². The monoisotopic (exact) mass is 143 g/mol. The maximum absolute atomic E-state index is 9.00. The Morgan fingerprint density at radius 1 is 1.80 bits per heavy atom. The third kappa shape index (κ3) is 7.17. The fourth-order valence-electron chi connectivity index (χ4n) is 0.656. The summed E-state index contributed by atoms with van der Waals surface area (Å²) >= 11 is 0. The molecule has 1 aliphatic rings. The second kappa shape index (κ2) is 4.99. The summed E-state index contributed by atoms with van der Waals surface area (Å²) in [4.78, 5) is 9.00. The van der Waals surface area contributed by atoms with Gasteiger partial charge in [0.05, 0.1) is 0 Å². The largest absolute Gasteiger partial charge is 0.481 e. The van der Waals surface area contributed by atoms with Crippen molar-refractivity contribution < 1.29 is 9.90 Å². The maximum atomic E-state index is 9.00. The van der Waals surface area contributed by atoms with E-state index >= 15 is 0 Å². The van der Waals surface area contributed by atoms with Crippen LogP contribution in [0.2, 0.25) is 0 Å². The fourth-order valence-corrected chi connectivity index (χ4v) is 0.656. The number of hydrogen-bond donors (Lipinski definition) is 2. The van der Waals surface area contributed by atoms with Crippen LogP contribution >= 0.6 is 0 Å². The lowest BCUT2D eigenvalue weighted by Gasteiger charge is -1.90. The number of carbonyl (C=O) groups is 1. The van der Waals surface area contributed by atoms with Crippen LogP contribution in [0.4, 0.5) is 0 Å². The Bertz CT molecular complexity index is 128. The van der Waals surface area contributed by atoms with Crippen LogP contribution in [0.3, 0.4) is 0 Å². The summed E-state index contributed by atoms with van der Waals surface area (Å²) in [6.07, 6.45) is 6.52. The maximum Gasteiger partial charge on any atom is 0.300 e. The summed E-state index contributed by atoms with van der Waals surface area (Å²) in [6, 6.07) is 0.366. The van der Waals surface area contributed by atoms with Crippen LogP contribution in [0.15, 0.2) is 12.2 Å². The van der Waals surface area contributed by atoms with E-state index in [1.807, 2.05) is 0 Å². The minimum Gasteiger partial charge on any atom is -0.481 e. The summed E-state index contributed by atoms with van der Waals surface area (Å²) in [5.74, 6) is -0.833. The Morgan fingerprint density at radius 2 is 2.30 bits per heavy atom. The molecular weight excluding hydrogens is 130 g/mol. The highest BCUT2D eigenvalue weighted by molar-refractivity contribution is 5.62. The molecule has 0 aliphatic heterocycles. The molecule has 1 rings (SSSR count). The van der Waals surface area contributed by atoms with Crippen LogP contribution in [0.5, 0.6) is 0 Å². The lowest BCUT2D eigenvalue weighted by molar-refractivity contribution is -0.134. The lowest BCUT2D eigenvalue weighted by atomic mass is 10.3. The Balaban J connectivity index is 0.000000180. The molecule has 0 spiro atoms. The molecule has 1 aliphatic carbocycles. The molecule has 0 bridgehead atoms. The first kappa shape index (κ1) is 9.17. The quantitative estimate of drug-likeness (QED) is 0.492. The van der Waals surface area contributed by atoms with E-state index < -0.39 is 5.97 Å². The second-order valence-electron chi connectivity index (χ2n) is 2.19. The number of nitrogens with two attached hydrogens (primary N) is 1. The van der Waals surface area contributed by atoms with Gasteiger partial charge < -0.3 is 10.8 Å². The normalized spacial score (nSPS) is 21.6. The Labute approximate surface area is 60.5 Å². The van der Waals surface area contributed by atoms with Gasteiger partial charge >= 0.3 is 0 Å². The van der Waals surface area contributed by atoms with E-state index in [4.69, 9.17) is 15.6 Å². The van der Waals surface area contributed by atoms with E-state index in [0.29, 0.717) is 6.04 Å². The summed E-state index contributed by atoms with van der Waals surface area (Å²) in [7, 11) is 0. The highest BCUT2D eigenvalue weighted by Crippen LogP contribution is 2.04. The second-order valence-corrected chi connectivity index (χ2v) is 2.19. The third-order valence-corrected chi connectivity index (χ3v) is 1.05. The number of carboxylic acid groups (broad SMARTS) is 1. The summed E-state index contributed by atoms with van der Waals surface area (Å²) in [6.45, 7) is 1.08. The zero-order valence-electron chi connectivity index (χ0n) is 6.08. The van der Waals surface area contributed by atoms with Crippen LogP contribution in [-0.2, 0) is 4.79 Å². The molecule has 1 unspecified atom stereocenters. The SMILES string of the molecule is CC(=O)O.NC1C=CCC1. The van der Waals surface area contributed by atoms with Crippen LogP contribution in [0.1, 0.15) is 19.8 Å². The molecule has 0 saturated heterocycles. The third-order valence-electron chi connectivity index (χ3n) is 1.05. The van der Waals surface area contributed by atoms with Gasteiger partial charge in [0.2, 0.25) is 0 Å². The van der Waals surface area contributed by atoms with Gasteiger partial charge in [0.25, 0.3) is 5.97 Å². The Kier molecular flexibility index (Phi) is 4.58. The molecule has 0 fully saturated rings. The first-order valence-corrected chi connectivity index (χ1v) is 3.24. The molecule has 10 heavy (non-hydrogen) atoms. The summed E-state index contributed by atoms with van der Waals surface area (Å²) < 4.78 is 0. The Morgan fingerprint density at radius 3 is 2.40 bits per heavy atom. The molecule has 0 aromatic carbocycles. The van der Waals surface area contributed by atoms with Crippen LogP contribution < -0.4 is 5.73 Å². The number of allylic oxidation sites excluding steroid dienone is 1. The van der Waals surface area contributed by atoms with Crippen molar-refractivity contribution in [1.82, 2.24) is 0 Å². The highest BCUT2D eigenvalue weighted by Gasteiger charge is 1.99. The van der Waals surface area contributed by atoms with E-state index in [0.717, 1.165) is 13.3 Å². The van der Waals surface area contributed by atoms with Crippen LogP contribution in [0.25, 0.3) is 0 Å². The van der Waals surface area contributed by atoms with E-state index in [-0.39, 0.29) is 0 Å². The van der Waals surface area contributed by atoms with Crippen LogP contribution in [0, 0.1) is 0 Å². The van der Waals surface area contributed by atoms with Crippen molar-refractivity contribution in [2.24, 2.45) is 5.73 Å². The summed E-state index contributed by atoms with van der Waals surface area (Å²) in [5.41, 5.74) is 5.45. The average molecular weight is 143 g/mol. The molecule has 0 aromatic rings. The molecule has 0 amide bonds. The van der Waals surface area contributed by atoms with Crippen molar-refractivity contribution in [3.63, 3.8) is 0 Å². The van der Waals surface area contributed by atoms with Gasteiger partial charge in [-0.15, -0.1) is 0 Å². The van der Waals surface area contributed by atoms with Gasteiger partial charge in [-0.25, -0.2) is 0 Å². The van der Waals surface area contributed by atoms with Gasteiger partial charge in [0, 0.05) is 13.0 Å². The van der Waals surface area contributed by atoms with Crippen molar-refractivity contribution in [3.05, 3.63) is 12.2 Å². The zero-order valence-corrected chi connectivity index (χ0v) is 6.08. The molecule has 0 saturated carbocycles. The first-order chi connectivity index (χ1) is 4.63. The smallest absolute Gasteiger partial charge is 0.300 e. The predicted octanol–water partition coefficient (Wildman–Crippen LogP) is 0.755. The minimum absolute atomic E-state index is 0.366. The van der Waals surface area contributed by atoms with Crippen molar-refractivity contribution in [2.45, 2.75) is 25.8 Å². The standard InChI is InChI=1S/C5H9N.C2H4O2/c6-5-3-1-2-4-5;1-2(3)4/h1,3,5H,2,4,6H2;1H3,(H,3,4). The lowest BCUT2D eigenvalue weighted by Crippen LogP contribution is -2.11. The van der Waals surface area contributed by atoms with Crippen molar-refractivity contribution in [2.75, 3.05) is 0 Å². The van der Waals surface area contributed by atoms with Gasteiger partial charge in [-0.2, -0.15) is 0 Å². The van der Waals surface area contributed by atoms with Crippen molar-refractivity contribution >= 4 is 5.97 Å². The fraction of sp³-hybridized carbons (Fsp3) is 0.571. The highest BCUT2D eigenvalue weighted by atomic mass is 16.4. The topological polar surface area (TPSA) is 63.3 Å². The number of rotatable bonds is 0. The molecule has 0 aromatic heterocycles. The number of aliphatic carboxylic acids is 1. The van der Waals surface area contributed by atoms with Gasteiger partial charge in [-0.05, 0) is 12.8 Å². The molecule has 3 nitrogen and oxygen atoms in total. The van der Waals surface area contributed by atoms with E-state index in [2.05, 4.69) is 12.2 Å². The number of hydrogen-bond acceptors (Lipinski definition) is 2.